The van der Waals surface area contributed by atoms with Crippen LogP contribution in [0, 0.1) is 17.8 Å². The average Bonchev–Trinajstić information content (AvgIpc) is 3.60. The molecule has 46 heavy (non-hydrogen) atoms. The number of halogens is 1. The van der Waals surface area contributed by atoms with Crippen molar-refractivity contribution in [3.63, 3.8) is 0 Å². The molecule has 2 saturated heterocycles. The van der Waals surface area contributed by atoms with Gasteiger partial charge in [-0.05, 0) is 37.8 Å². The zero-order valence-electron chi connectivity index (χ0n) is 26.9. The van der Waals surface area contributed by atoms with E-state index >= 15 is 0 Å². The van der Waals surface area contributed by atoms with E-state index in [0.29, 0.717) is 16.5 Å². The van der Waals surface area contributed by atoms with E-state index < -0.39 is 59.6 Å². The molecule has 2 N–H and O–H groups in total. The van der Waals surface area contributed by atoms with Gasteiger partial charge in [0.25, 0.3) is 0 Å². The van der Waals surface area contributed by atoms with Gasteiger partial charge in [-0.2, -0.15) is 0 Å². The van der Waals surface area contributed by atoms with Gasteiger partial charge in [-0.1, -0.05) is 72.3 Å². The second-order valence-electron chi connectivity index (χ2n) is 13.1. The second kappa shape index (κ2) is 14.0. The molecule has 0 radical (unpaired) electrons. The number of esters is 1. The van der Waals surface area contributed by atoms with Crippen molar-refractivity contribution in [1.82, 2.24) is 15.1 Å². The van der Waals surface area contributed by atoms with Crippen molar-refractivity contribution in [2.45, 2.75) is 82.5 Å². The Labute approximate surface area is 278 Å². The minimum absolute atomic E-state index is 0.0647. The first kappa shape index (κ1) is 34.3. The molecule has 250 valence electrons. The van der Waals surface area contributed by atoms with Gasteiger partial charge >= 0.3 is 5.97 Å². The highest BCUT2D eigenvalue weighted by Crippen LogP contribution is 2.59. The molecule has 1 spiro atoms. The molecule has 11 nitrogen and oxygen atoms in total. The summed E-state index contributed by atoms with van der Waals surface area (Å²) in [7, 11) is 1.51. The molecule has 3 amide bonds. The van der Waals surface area contributed by atoms with Crippen molar-refractivity contribution in [3.8, 4) is 0 Å². The fraction of sp³-hybridized carbons (Fsp3) is 0.588. The number of cyclic esters (lactones) is 1. The Morgan fingerprint density at radius 2 is 1.78 bits per heavy atom. The van der Waals surface area contributed by atoms with E-state index in [1.165, 1.54) is 12.0 Å². The van der Waals surface area contributed by atoms with E-state index in [0.717, 1.165) is 0 Å². The van der Waals surface area contributed by atoms with Gasteiger partial charge in [0.15, 0.2) is 0 Å². The van der Waals surface area contributed by atoms with Gasteiger partial charge in [0, 0.05) is 30.6 Å². The number of aliphatic hydroxyl groups is 1. The molecule has 0 unspecified atom stereocenters. The number of rotatable bonds is 7. The highest BCUT2D eigenvalue weighted by atomic mass is 79.9. The Balaban J connectivity index is 1.66. The summed E-state index contributed by atoms with van der Waals surface area (Å²) in [5.74, 6) is -4.07. The van der Waals surface area contributed by atoms with Crippen molar-refractivity contribution in [2.24, 2.45) is 17.8 Å². The Bertz CT molecular complexity index is 1380. The number of methoxy groups -OCH3 is 1. The minimum Gasteiger partial charge on any atom is -0.455 e. The quantitative estimate of drug-likeness (QED) is 0.328. The second-order valence-corrected chi connectivity index (χ2v) is 14.0. The summed E-state index contributed by atoms with van der Waals surface area (Å²) in [6, 6.07) is 6.29. The van der Waals surface area contributed by atoms with E-state index in [1.807, 2.05) is 58.0 Å². The lowest BCUT2D eigenvalue weighted by Crippen LogP contribution is -2.60. The number of carbonyl (C=O) groups excluding carboxylic acids is 4. The molecule has 8 atom stereocenters. The normalized spacial score (nSPS) is 33.3. The summed E-state index contributed by atoms with van der Waals surface area (Å²) in [6.45, 7) is 7.49. The summed E-state index contributed by atoms with van der Waals surface area (Å²) in [4.78, 5) is 59.9. The number of hydrogen-bond acceptors (Lipinski definition) is 8. The largest absolute Gasteiger partial charge is 0.455 e. The molecule has 5 bridgehead atoms. The van der Waals surface area contributed by atoms with Crippen molar-refractivity contribution < 1.29 is 38.5 Å². The summed E-state index contributed by atoms with van der Waals surface area (Å²) < 4.78 is 18.9. The van der Waals surface area contributed by atoms with Crippen molar-refractivity contribution in [1.29, 1.82) is 0 Å². The van der Waals surface area contributed by atoms with E-state index in [2.05, 4.69) is 21.2 Å². The van der Waals surface area contributed by atoms with Crippen molar-refractivity contribution in [2.75, 3.05) is 26.9 Å². The molecule has 1 aromatic rings. The van der Waals surface area contributed by atoms with Gasteiger partial charge in [-0.3, -0.25) is 19.2 Å². The number of amides is 3. The van der Waals surface area contributed by atoms with Crippen LogP contribution >= 0.6 is 15.9 Å². The third-order valence-electron chi connectivity index (χ3n) is 9.53. The first-order valence-electron chi connectivity index (χ1n) is 15.9. The van der Waals surface area contributed by atoms with E-state index in [1.54, 1.807) is 23.1 Å². The number of nitrogens with zero attached hydrogens (tertiary/aromatic N) is 2. The maximum absolute atomic E-state index is 14.7. The average molecular weight is 703 g/mol. The zero-order valence-corrected chi connectivity index (χ0v) is 28.5. The van der Waals surface area contributed by atoms with Crippen molar-refractivity contribution in [3.05, 3.63) is 58.6 Å². The summed E-state index contributed by atoms with van der Waals surface area (Å²) in [5.41, 5.74) is -0.818. The minimum atomic E-state index is -1.46. The van der Waals surface area contributed by atoms with Gasteiger partial charge in [0.2, 0.25) is 17.7 Å². The first-order valence-corrected chi connectivity index (χ1v) is 16.7. The third-order valence-corrected chi connectivity index (χ3v) is 10.2. The maximum Gasteiger partial charge on any atom is 0.313 e. The van der Waals surface area contributed by atoms with Crippen LogP contribution < -0.4 is 5.32 Å². The van der Waals surface area contributed by atoms with Gasteiger partial charge < -0.3 is 34.4 Å². The lowest BCUT2D eigenvalue weighted by atomic mass is 9.74. The monoisotopic (exact) mass is 701 g/mol. The lowest BCUT2D eigenvalue weighted by Gasteiger charge is -2.40. The van der Waals surface area contributed by atoms with Gasteiger partial charge in [-0.25, -0.2) is 0 Å². The number of allylic oxidation sites excluding steroid dienone is 1. The molecule has 4 heterocycles. The molecular formula is C34H44BrN3O8. The smallest absolute Gasteiger partial charge is 0.313 e. The molecular weight excluding hydrogens is 658 g/mol. The lowest BCUT2D eigenvalue weighted by molar-refractivity contribution is -0.163. The fourth-order valence-corrected chi connectivity index (χ4v) is 8.04. The Morgan fingerprint density at radius 1 is 1.07 bits per heavy atom. The molecule has 4 aliphatic rings. The van der Waals surface area contributed by atoms with Crippen LogP contribution in [-0.2, 0) is 33.4 Å². The Hall–Kier alpha value is -3.06. The number of hydrogen-bond donors (Lipinski definition) is 2. The van der Waals surface area contributed by atoms with Crippen LogP contribution in [0.15, 0.2) is 53.0 Å². The number of ether oxygens (including phenoxy) is 3. The highest BCUT2D eigenvalue weighted by molar-refractivity contribution is 9.11. The number of aliphatic hydroxyl groups excluding tert-OH is 1. The van der Waals surface area contributed by atoms with Crippen LogP contribution in [0.5, 0.6) is 0 Å². The topological polar surface area (TPSA) is 135 Å². The number of fused-ring (bicyclic) bond motifs is 2. The Kier molecular flexibility index (Phi) is 10.4. The number of carbonyl (C=O) groups is 4. The molecule has 2 fully saturated rings. The Morgan fingerprint density at radius 3 is 2.41 bits per heavy atom. The van der Waals surface area contributed by atoms with E-state index in [4.69, 9.17) is 14.2 Å². The van der Waals surface area contributed by atoms with E-state index in [-0.39, 0.29) is 50.0 Å². The molecule has 0 aliphatic carbocycles. The SMILES string of the molecule is COC[C@@H]1NC(=O)CC/C=C\CN(C(C)C)C(=O)[C@H]2N([C@@H](CO)C(C)C)C(=O)[C@@H]3[C@@H](C(=O)O[C@H]1c1ccccc1)[C@@H]1O[C@@]32C=C1Br. The standard InChI is InChI=1S/C34H44BrN3O8/c1-19(2)24(17-39)38-30-32(42)37(20(3)4)15-11-7-10-14-25(40)36-23(18-44-5)28(21-12-8-6-9-13-21)45-33(43)26-27(31(38)41)34(30)16-22(35)29(26)46-34/h6-9,11-13,16,19-20,23-24,26-30,39H,10,14-15,17-18H2,1-5H3,(H,36,40)/b11-7-/t23-,24-,26+,27-,28-,29+,30+,34-/m0/s1. The predicted molar refractivity (Wildman–Crippen MR) is 172 cm³/mol. The molecule has 0 aromatic heterocycles. The molecule has 4 aliphatic heterocycles. The summed E-state index contributed by atoms with van der Waals surface area (Å²) in [5, 5.41) is 13.5. The van der Waals surface area contributed by atoms with Gasteiger partial charge in [0.05, 0.1) is 31.2 Å². The highest BCUT2D eigenvalue weighted by Gasteiger charge is 2.75. The third kappa shape index (κ3) is 6.05. The number of benzene rings is 1. The van der Waals surface area contributed by atoms with Gasteiger partial charge in [0.1, 0.15) is 29.8 Å². The molecule has 0 saturated carbocycles. The maximum atomic E-state index is 14.7. The van der Waals surface area contributed by atoms with Crippen LogP contribution in [0.25, 0.3) is 0 Å². The predicted octanol–water partition coefficient (Wildman–Crippen LogP) is 2.88. The fourth-order valence-electron chi connectivity index (χ4n) is 7.31. The van der Waals surface area contributed by atoms with Gasteiger partial charge in [-0.15, -0.1) is 0 Å². The number of nitrogens with one attached hydrogen (secondary N) is 1. The van der Waals surface area contributed by atoms with Crippen LogP contribution in [0.3, 0.4) is 0 Å². The van der Waals surface area contributed by atoms with Crippen LogP contribution in [-0.4, -0.2) is 101 Å². The van der Waals surface area contributed by atoms with Crippen LogP contribution in [0.2, 0.25) is 0 Å². The molecule has 12 heteroatoms. The van der Waals surface area contributed by atoms with E-state index in [9.17, 15) is 24.3 Å². The summed E-state index contributed by atoms with van der Waals surface area (Å²) in [6.07, 6.45) is 4.26. The van der Waals surface area contributed by atoms with Crippen LogP contribution in [0.1, 0.15) is 52.2 Å². The van der Waals surface area contributed by atoms with Crippen LogP contribution in [0.4, 0.5) is 0 Å². The number of likely N-dealkylation sites (tertiary alicyclic amines) is 1. The first-order chi connectivity index (χ1) is 22.0. The zero-order chi connectivity index (χ0) is 33.3. The van der Waals surface area contributed by atoms with Crippen molar-refractivity contribution >= 4 is 39.6 Å². The summed E-state index contributed by atoms with van der Waals surface area (Å²) >= 11 is 3.58. The molecule has 5 rings (SSSR count). The molecule has 1 aromatic carbocycles.